The molecule has 5 atom stereocenters. The van der Waals surface area contributed by atoms with Gasteiger partial charge in [0.25, 0.3) is 0 Å². The number of imidazole rings is 1. The third-order valence-corrected chi connectivity index (χ3v) is 11.2. The Balaban J connectivity index is 1.06. The maximum absolute atomic E-state index is 15.0. The van der Waals surface area contributed by atoms with Crippen molar-refractivity contribution in [1.82, 2.24) is 35.4 Å². The Morgan fingerprint density at radius 3 is 2.58 bits per heavy atom. The number of aromatic amines is 1. The van der Waals surface area contributed by atoms with Gasteiger partial charge in [0.05, 0.1) is 61.8 Å². The van der Waals surface area contributed by atoms with Gasteiger partial charge in [-0.2, -0.15) is 0 Å². The smallest absolute Gasteiger partial charge is 0.407 e. The number of carbonyl (C=O) groups is 3. The van der Waals surface area contributed by atoms with E-state index < -0.39 is 59.9 Å². The number of rotatable bonds is 22. The fraction of sp³-hybridized carbons (Fsp3) is 0.579. The molecule has 2 aromatic heterocycles. The standard InChI is InChI=1S/C38H53F3N8O10S/c1-22(20-59-38(55)44-6-10-57-12-13-58-11-7-48-32(50)15-31(35(48)51)60-21-29(42)36(52)53)46-37(54)49(19-24-16-43-17-28(24)41)33(23-4-8-56-9-5-23)34-45-18-30(47-34)26-14-25(39)2-3-27(26)40/h2-3,14-15,18,22-24,28-29,33,43,50-51H,4-13,16-17,19-21,42H2,1H3,(H,44,55)(H,45,47)(H,46,54)(H,52,53). The zero-order chi connectivity index (χ0) is 43.2. The van der Waals surface area contributed by atoms with Crippen LogP contribution in [0.1, 0.15) is 31.6 Å². The number of alkyl carbamates (subject to hydrolysis) is 1. The quantitative estimate of drug-likeness (QED) is 0.0535. The average molecular weight is 871 g/mol. The van der Waals surface area contributed by atoms with Crippen LogP contribution < -0.4 is 21.7 Å². The van der Waals surface area contributed by atoms with Crippen LogP contribution in [0, 0.1) is 23.5 Å². The summed E-state index contributed by atoms with van der Waals surface area (Å²) in [5.74, 6) is -3.25. The Morgan fingerprint density at radius 1 is 1.12 bits per heavy atom. The van der Waals surface area contributed by atoms with Crippen molar-refractivity contribution in [3.05, 3.63) is 47.9 Å². The Morgan fingerprint density at radius 2 is 1.87 bits per heavy atom. The highest BCUT2D eigenvalue weighted by molar-refractivity contribution is 7.99. The van der Waals surface area contributed by atoms with Crippen LogP contribution in [0.2, 0.25) is 0 Å². The number of aromatic hydroxyl groups is 2. The molecule has 0 radical (unpaired) electrons. The van der Waals surface area contributed by atoms with E-state index in [1.54, 1.807) is 6.92 Å². The number of nitrogens with two attached hydrogens (primary N) is 1. The number of urea groups is 1. The predicted molar refractivity (Wildman–Crippen MR) is 211 cm³/mol. The average Bonchev–Trinajstić information content (AvgIpc) is 3.95. The normalized spacial score (nSPS) is 18.5. The summed E-state index contributed by atoms with van der Waals surface area (Å²) >= 11 is 1.00. The van der Waals surface area contributed by atoms with Crippen LogP contribution in [-0.2, 0) is 30.3 Å². The lowest BCUT2D eigenvalue weighted by atomic mass is 9.89. The first kappa shape index (κ1) is 46.3. The van der Waals surface area contributed by atoms with Crippen molar-refractivity contribution in [3.8, 4) is 23.0 Å². The van der Waals surface area contributed by atoms with Gasteiger partial charge in [0.15, 0.2) is 5.88 Å². The molecule has 0 bridgehead atoms. The van der Waals surface area contributed by atoms with Crippen LogP contribution in [0.3, 0.4) is 0 Å². The number of aliphatic carboxylic acids is 1. The minimum Gasteiger partial charge on any atom is -0.494 e. The molecule has 2 fully saturated rings. The van der Waals surface area contributed by atoms with Gasteiger partial charge in [-0.3, -0.25) is 9.36 Å². The Labute approximate surface area is 348 Å². The molecule has 18 nitrogen and oxygen atoms in total. The van der Waals surface area contributed by atoms with Crippen LogP contribution in [0.5, 0.6) is 11.8 Å². The highest BCUT2D eigenvalue weighted by atomic mass is 32.2. The van der Waals surface area contributed by atoms with Crippen molar-refractivity contribution < 1.29 is 61.8 Å². The second-order valence-corrected chi connectivity index (χ2v) is 15.5. The number of carboxylic acids is 1. The Bertz CT molecular complexity index is 1870. The monoisotopic (exact) mass is 870 g/mol. The summed E-state index contributed by atoms with van der Waals surface area (Å²) in [5.41, 5.74) is 5.68. The fourth-order valence-electron chi connectivity index (χ4n) is 6.81. The van der Waals surface area contributed by atoms with Gasteiger partial charge in [0.1, 0.15) is 36.3 Å². The van der Waals surface area contributed by atoms with Crippen LogP contribution in [0.15, 0.2) is 35.4 Å². The number of halogens is 3. The number of ether oxygens (including phenoxy) is 4. The van der Waals surface area contributed by atoms with E-state index in [9.17, 15) is 33.4 Å². The maximum Gasteiger partial charge on any atom is 0.407 e. The summed E-state index contributed by atoms with van der Waals surface area (Å²) < 4.78 is 66.9. The molecule has 0 aliphatic carbocycles. The predicted octanol–water partition coefficient (Wildman–Crippen LogP) is 2.96. The number of alkyl halides is 1. The van der Waals surface area contributed by atoms with Crippen molar-refractivity contribution in [2.45, 2.75) is 55.5 Å². The molecule has 2 saturated heterocycles. The van der Waals surface area contributed by atoms with Crippen molar-refractivity contribution in [1.29, 1.82) is 0 Å². The van der Waals surface area contributed by atoms with Gasteiger partial charge in [-0.25, -0.2) is 27.7 Å². The molecule has 0 saturated carbocycles. The van der Waals surface area contributed by atoms with E-state index in [1.165, 1.54) is 21.7 Å². The van der Waals surface area contributed by atoms with Gasteiger partial charge in [0.2, 0.25) is 5.88 Å². The van der Waals surface area contributed by atoms with Gasteiger partial charge >= 0.3 is 18.1 Å². The van der Waals surface area contributed by atoms with Crippen LogP contribution in [0.4, 0.5) is 22.8 Å². The van der Waals surface area contributed by atoms with Crippen molar-refractivity contribution in [3.63, 3.8) is 0 Å². The van der Waals surface area contributed by atoms with Crippen LogP contribution in [-0.4, -0.2) is 149 Å². The molecule has 22 heteroatoms. The van der Waals surface area contributed by atoms with Gasteiger partial charge in [-0.05, 0) is 43.9 Å². The minimum absolute atomic E-state index is 0.00656. The highest BCUT2D eigenvalue weighted by Gasteiger charge is 2.39. The van der Waals surface area contributed by atoms with E-state index in [1.807, 2.05) is 0 Å². The molecule has 5 rings (SSSR count). The van der Waals surface area contributed by atoms with Gasteiger partial charge in [0, 0.05) is 62.7 Å². The number of nitrogens with one attached hydrogen (secondary N) is 4. The van der Waals surface area contributed by atoms with Crippen molar-refractivity contribution in [2.24, 2.45) is 17.6 Å². The maximum atomic E-state index is 15.0. The van der Waals surface area contributed by atoms with E-state index in [-0.39, 0.29) is 98.8 Å². The Kier molecular flexibility index (Phi) is 17.6. The van der Waals surface area contributed by atoms with E-state index in [0.717, 1.165) is 30.0 Å². The number of carboxylic acid groups (broad SMARTS) is 1. The molecule has 0 spiro atoms. The molecule has 1 aromatic carbocycles. The molecule has 3 aromatic rings. The number of thioether (sulfide) groups is 1. The minimum atomic E-state index is -1.20. The number of benzene rings is 1. The second-order valence-electron chi connectivity index (χ2n) is 14.5. The van der Waals surface area contributed by atoms with Gasteiger partial charge < -0.3 is 65.8 Å². The summed E-state index contributed by atoms with van der Waals surface area (Å²) in [6.45, 7) is 3.71. The first-order chi connectivity index (χ1) is 28.8. The third kappa shape index (κ3) is 13.1. The Hall–Kier alpha value is -4.74. The largest absolute Gasteiger partial charge is 0.494 e. The summed E-state index contributed by atoms with van der Waals surface area (Å²) in [7, 11) is 0. The van der Waals surface area contributed by atoms with E-state index in [0.29, 0.717) is 38.4 Å². The van der Waals surface area contributed by atoms with Crippen LogP contribution in [0.25, 0.3) is 11.3 Å². The van der Waals surface area contributed by atoms with E-state index in [2.05, 4.69) is 25.9 Å². The molecule has 4 heterocycles. The molecular weight excluding hydrogens is 818 g/mol. The number of amides is 3. The second kappa shape index (κ2) is 22.7. The number of hydrogen-bond donors (Lipinski definition) is 8. The highest BCUT2D eigenvalue weighted by Crippen LogP contribution is 2.37. The lowest BCUT2D eigenvalue weighted by Crippen LogP contribution is -2.51. The molecule has 3 amide bonds. The molecule has 332 valence electrons. The zero-order valence-electron chi connectivity index (χ0n) is 33.1. The first-order valence-corrected chi connectivity index (χ1v) is 20.6. The molecular formula is C38H53F3N8O10S. The lowest BCUT2D eigenvalue weighted by molar-refractivity contribution is -0.137. The van der Waals surface area contributed by atoms with E-state index in [4.69, 9.17) is 29.8 Å². The molecule has 5 unspecified atom stereocenters. The number of nitrogens with zero attached hydrogens (tertiary/aromatic N) is 3. The SMILES string of the molecule is CC(COC(=O)NCCOCCOCCn1c(O)cc(SCC(N)C(=O)O)c1O)NC(=O)N(CC1CNCC1F)C(c1ncc(-c2cc(F)ccc2F)[nH]1)C1CCOCC1. The number of H-pyrrole nitrogens is 1. The van der Waals surface area contributed by atoms with Gasteiger partial charge in [-0.1, -0.05) is 0 Å². The summed E-state index contributed by atoms with van der Waals surface area (Å²) in [6.07, 6.45) is 0.571. The molecule has 2 aliphatic heterocycles. The first-order valence-electron chi connectivity index (χ1n) is 19.6. The van der Waals surface area contributed by atoms with Crippen molar-refractivity contribution in [2.75, 3.05) is 78.2 Å². The molecule has 2 aliphatic rings. The molecule has 9 N–H and O–H groups in total. The lowest BCUT2D eigenvalue weighted by Gasteiger charge is -2.39. The number of aromatic nitrogens is 3. The van der Waals surface area contributed by atoms with Crippen molar-refractivity contribution >= 4 is 29.9 Å². The van der Waals surface area contributed by atoms with Crippen LogP contribution >= 0.6 is 11.8 Å². The summed E-state index contributed by atoms with van der Waals surface area (Å²) in [5, 5.41) is 37.8. The summed E-state index contributed by atoms with van der Waals surface area (Å²) in [6, 6.07) is 1.36. The topological polar surface area (TPSA) is 248 Å². The number of hydrogen-bond acceptors (Lipinski definition) is 13. The fourth-order valence-corrected chi connectivity index (χ4v) is 7.74. The summed E-state index contributed by atoms with van der Waals surface area (Å²) in [4.78, 5) is 46.9. The zero-order valence-corrected chi connectivity index (χ0v) is 33.9. The van der Waals surface area contributed by atoms with E-state index >= 15 is 4.39 Å². The molecule has 60 heavy (non-hydrogen) atoms. The number of carbonyl (C=O) groups excluding carboxylic acids is 2. The third-order valence-electron chi connectivity index (χ3n) is 10.0. The van der Waals surface area contributed by atoms with Gasteiger partial charge in [-0.15, -0.1) is 11.8 Å².